The summed E-state index contributed by atoms with van der Waals surface area (Å²) in [6.45, 7) is 2.48. The Bertz CT molecular complexity index is 1120. The number of carbonyl (C=O) groups excluding carboxylic acids is 1. The van der Waals surface area contributed by atoms with Gasteiger partial charge < -0.3 is 19.5 Å². The van der Waals surface area contributed by atoms with Crippen LogP contribution in [0.2, 0.25) is 0 Å². The van der Waals surface area contributed by atoms with E-state index in [1.807, 2.05) is 67.6 Å². The molecular formula is C24H23BrN2O4. The highest BCUT2D eigenvalue weighted by molar-refractivity contribution is 9.10. The molecule has 1 aliphatic rings. The SMILES string of the molecule is CCOc1cccc(N2C(=O)c3cc(Br)ccc3N[C@H]2c2ccc(OC)c(OC)c2)c1. The molecule has 31 heavy (non-hydrogen) atoms. The number of halogens is 1. The van der Waals surface area contributed by atoms with Crippen molar-refractivity contribution in [2.45, 2.75) is 13.1 Å². The normalized spacial score (nSPS) is 15.2. The highest BCUT2D eigenvalue weighted by atomic mass is 79.9. The molecule has 0 fully saturated rings. The quantitative estimate of drug-likeness (QED) is 0.492. The summed E-state index contributed by atoms with van der Waals surface area (Å²) in [5.41, 5.74) is 2.95. The van der Waals surface area contributed by atoms with Crippen LogP contribution in [0, 0.1) is 0 Å². The van der Waals surface area contributed by atoms with Gasteiger partial charge in [0.25, 0.3) is 5.91 Å². The van der Waals surface area contributed by atoms with Crippen LogP contribution in [0.25, 0.3) is 0 Å². The highest BCUT2D eigenvalue weighted by Gasteiger charge is 2.35. The number of methoxy groups -OCH3 is 2. The van der Waals surface area contributed by atoms with E-state index in [-0.39, 0.29) is 5.91 Å². The molecular weight excluding hydrogens is 460 g/mol. The van der Waals surface area contributed by atoms with Gasteiger partial charge in [-0.1, -0.05) is 28.1 Å². The summed E-state index contributed by atoms with van der Waals surface area (Å²) in [5, 5.41) is 3.51. The largest absolute Gasteiger partial charge is 0.494 e. The predicted molar refractivity (Wildman–Crippen MR) is 124 cm³/mol. The Labute approximate surface area is 189 Å². The molecule has 0 aliphatic carbocycles. The zero-order valence-corrected chi connectivity index (χ0v) is 19.1. The Hall–Kier alpha value is -3.19. The molecule has 0 bridgehead atoms. The van der Waals surface area contributed by atoms with Gasteiger partial charge in [0, 0.05) is 16.2 Å². The average Bonchev–Trinajstić information content (AvgIpc) is 2.79. The van der Waals surface area contributed by atoms with Crippen LogP contribution < -0.4 is 24.4 Å². The van der Waals surface area contributed by atoms with Gasteiger partial charge in [-0.15, -0.1) is 0 Å². The number of rotatable bonds is 6. The lowest BCUT2D eigenvalue weighted by molar-refractivity contribution is 0.0974. The smallest absolute Gasteiger partial charge is 0.262 e. The average molecular weight is 483 g/mol. The highest BCUT2D eigenvalue weighted by Crippen LogP contribution is 2.40. The fraction of sp³-hybridized carbons (Fsp3) is 0.208. The number of fused-ring (bicyclic) bond motifs is 1. The molecule has 3 aromatic carbocycles. The maximum absolute atomic E-state index is 13.7. The molecule has 1 N–H and O–H groups in total. The van der Waals surface area contributed by atoms with Crippen LogP contribution in [0.3, 0.4) is 0 Å². The Morgan fingerprint density at radius 3 is 2.55 bits per heavy atom. The van der Waals surface area contributed by atoms with Gasteiger partial charge >= 0.3 is 0 Å². The second-order valence-electron chi connectivity index (χ2n) is 6.96. The van der Waals surface area contributed by atoms with E-state index in [1.54, 1.807) is 19.1 Å². The van der Waals surface area contributed by atoms with E-state index in [2.05, 4.69) is 21.2 Å². The van der Waals surface area contributed by atoms with Crippen molar-refractivity contribution in [2.24, 2.45) is 0 Å². The van der Waals surface area contributed by atoms with Crippen molar-refractivity contribution >= 4 is 33.2 Å². The van der Waals surface area contributed by atoms with Gasteiger partial charge in [-0.25, -0.2) is 0 Å². The summed E-state index contributed by atoms with van der Waals surface area (Å²) in [5.74, 6) is 1.82. The van der Waals surface area contributed by atoms with Crippen LogP contribution in [0.4, 0.5) is 11.4 Å². The Morgan fingerprint density at radius 1 is 1.00 bits per heavy atom. The number of amides is 1. The van der Waals surface area contributed by atoms with Crippen molar-refractivity contribution in [1.82, 2.24) is 0 Å². The molecule has 1 amide bonds. The number of ether oxygens (including phenoxy) is 3. The van der Waals surface area contributed by atoms with Crippen LogP contribution in [0.1, 0.15) is 29.0 Å². The summed E-state index contributed by atoms with van der Waals surface area (Å²) < 4.78 is 17.4. The van der Waals surface area contributed by atoms with Gasteiger partial charge in [0.15, 0.2) is 11.5 Å². The maximum Gasteiger partial charge on any atom is 0.262 e. The Morgan fingerprint density at radius 2 is 1.81 bits per heavy atom. The molecule has 1 atom stereocenters. The fourth-order valence-corrected chi connectivity index (χ4v) is 4.05. The molecule has 7 heteroatoms. The Balaban J connectivity index is 1.85. The monoisotopic (exact) mass is 482 g/mol. The molecule has 3 aromatic rings. The lowest BCUT2D eigenvalue weighted by atomic mass is 10.0. The second kappa shape index (κ2) is 8.89. The van der Waals surface area contributed by atoms with Gasteiger partial charge in [-0.2, -0.15) is 0 Å². The summed E-state index contributed by atoms with van der Waals surface area (Å²) in [4.78, 5) is 15.4. The standard InChI is InChI=1S/C24H23BrN2O4/c1-4-31-18-7-5-6-17(14-18)27-23(15-8-11-21(29-2)22(12-15)30-3)26-20-10-9-16(25)13-19(20)24(27)28/h5-14,23,26H,4H2,1-3H3/t23-/m1/s1. The van der Waals surface area contributed by atoms with Crippen molar-refractivity contribution in [1.29, 1.82) is 0 Å². The minimum absolute atomic E-state index is 0.108. The van der Waals surface area contributed by atoms with Crippen molar-refractivity contribution < 1.29 is 19.0 Å². The molecule has 4 rings (SSSR count). The zero-order valence-electron chi connectivity index (χ0n) is 17.5. The van der Waals surface area contributed by atoms with E-state index >= 15 is 0 Å². The third-order valence-electron chi connectivity index (χ3n) is 5.11. The molecule has 0 spiro atoms. The summed E-state index contributed by atoms with van der Waals surface area (Å²) in [6, 6.07) is 18.8. The first kappa shape index (κ1) is 21.1. The van der Waals surface area contributed by atoms with Gasteiger partial charge in [0.1, 0.15) is 11.9 Å². The van der Waals surface area contributed by atoms with Crippen molar-refractivity contribution in [3.63, 3.8) is 0 Å². The minimum Gasteiger partial charge on any atom is -0.494 e. The summed E-state index contributed by atoms with van der Waals surface area (Å²) in [6.07, 6.45) is -0.446. The van der Waals surface area contributed by atoms with Crippen LogP contribution >= 0.6 is 15.9 Å². The first-order valence-corrected chi connectivity index (χ1v) is 10.7. The topological polar surface area (TPSA) is 60.0 Å². The number of hydrogen-bond donors (Lipinski definition) is 1. The van der Waals surface area contributed by atoms with E-state index in [9.17, 15) is 4.79 Å². The molecule has 0 saturated heterocycles. The molecule has 160 valence electrons. The molecule has 1 aliphatic heterocycles. The first-order chi connectivity index (χ1) is 15.0. The summed E-state index contributed by atoms with van der Waals surface area (Å²) in [7, 11) is 3.19. The predicted octanol–water partition coefficient (Wildman–Crippen LogP) is 5.64. The van der Waals surface area contributed by atoms with E-state index in [0.717, 1.165) is 21.4 Å². The van der Waals surface area contributed by atoms with E-state index in [1.165, 1.54) is 0 Å². The first-order valence-electron chi connectivity index (χ1n) is 9.90. The van der Waals surface area contributed by atoms with Crippen LogP contribution in [-0.2, 0) is 0 Å². The number of carbonyl (C=O) groups is 1. The van der Waals surface area contributed by atoms with Gasteiger partial charge in [-0.3, -0.25) is 9.69 Å². The van der Waals surface area contributed by atoms with Crippen molar-refractivity contribution in [3.05, 3.63) is 76.3 Å². The van der Waals surface area contributed by atoms with Crippen LogP contribution in [0.5, 0.6) is 17.2 Å². The Kier molecular flexibility index (Phi) is 6.04. The third kappa shape index (κ3) is 4.05. The molecule has 0 aromatic heterocycles. The van der Waals surface area contributed by atoms with Crippen LogP contribution in [-0.4, -0.2) is 26.7 Å². The molecule has 1 heterocycles. The minimum atomic E-state index is -0.446. The van der Waals surface area contributed by atoms with Crippen molar-refractivity contribution in [3.8, 4) is 17.2 Å². The lowest BCUT2D eigenvalue weighted by Gasteiger charge is -2.38. The number of benzene rings is 3. The van der Waals surface area contributed by atoms with Crippen LogP contribution in [0.15, 0.2) is 65.1 Å². The van der Waals surface area contributed by atoms with E-state index in [4.69, 9.17) is 14.2 Å². The van der Waals surface area contributed by atoms with E-state index in [0.29, 0.717) is 29.4 Å². The number of nitrogens with zero attached hydrogens (tertiary/aromatic N) is 1. The lowest BCUT2D eigenvalue weighted by Crippen LogP contribution is -2.43. The maximum atomic E-state index is 13.7. The van der Waals surface area contributed by atoms with Gasteiger partial charge in [0.05, 0.1) is 32.1 Å². The second-order valence-corrected chi connectivity index (χ2v) is 7.87. The molecule has 6 nitrogen and oxygen atoms in total. The molecule has 0 unspecified atom stereocenters. The zero-order chi connectivity index (χ0) is 22.0. The third-order valence-corrected chi connectivity index (χ3v) is 5.60. The molecule has 0 saturated carbocycles. The number of hydrogen-bond acceptors (Lipinski definition) is 5. The molecule has 0 radical (unpaired) electrons. The van der Waals surface area contributed by atoms with E-state index < -0.39 is 6.17 Å². The fourth-order valence-electron chi connectivity index (χ4n) is 3.69. The van der Waals surface area contributed by atoms with Crippen molar-refractivity contribution in [2.75, 3.05) is 31.0 Å². The number of nitrogens with one attached hydrogen (secondary N) is 1. The number of anilines is 2. The van der Waals surface area contributed by atoms with Gasteiger partial charge in [0.2, 0.25) is 0 Å². The van der Waals surface area contributed by atoms with Gasteiger partial charge in [-0.05, 0) is 55.0 Å². The summed E-state index contributed by atoms with van der Waals surface area (Å²) >= 11 is 3.47.